The topological polar surface area (TPSA) is 9.23 Å². The van der Waals surface area contributed by atoms with E-state index in [4.69, 9.17) is 0 Å². The van der Waals surface area contributed by atoms with Gasteiger partial charge in [-0.1, -0.05) is 18.7 Å². The van der Waals surface area contributed by atoms with Gasteiger partial charge in [0, 0.05) is 0 Å². The Morgan fingerprint density at radius 3 is 1.88 bits per heavy atom. The smallest absolute Gasteiger partial charge is 0.204 e. The minimum Gasteiger partial charge on any atom is -0.487 e. The molecule has 0 saturated carbocycles. The van der Waals surface area contributed by atoms with Gasteiger partial charge in [0.15, 0.2) is 17.4 Å². The van der Waals surface area contributed by atoms with Crippen LogP contribution in [-0.2, 0) is 0 Å². The maximum absolute atomic E-state index is 13.3. The normalized spacial score (nSPS) is 10.1. The molecule has 0 aliphatic rings. The highest BCUT2D eigenvalue weighted by Gasteiger charge is 2.24. The van der Waals surface area contributed by atoms with Gasteiger partial charge >= 0.3 is 0 Å². The molecule has 0 spiro atoms. The fraction of sp³-hybridized carbons (Fsp3) is 0.167. The van der Waals surface area contributed by atoms with E-state index >= 15 is 0 Å². The highest BCUT2D eigenvalue weighted by Crippen LogP contribution is 2.30. The molecule has 0 amide bonds. The zero-order valence-electron chi connectivity index (χ0n) is 8.90. The zero-order chi connectivity index (χ0) is 13.0. The van der Waals surface area contributed by atoms with Crippen LogP contribution >= 0.6 is 0 Å². The number of benzene rings is 1. The lowest BCUT2D eigenvalue weighted by molar-refractivity contribution is 0.276. The molecule has 1 nitrogen and oxygen atoms in total. The Labute approximate surface area is 96.0 Å². The molecule has 0 aliphatic heterocycles. The molecule has 1 aromatic rings. The molecule has 0 aliphatic carbocycles. The molecule has 1 aromatic carbocycles. The lowest BCUT2D eigenvalue weighted by atomic mass is 10.1. The third-order valence-electron chi connectivity index (χ3n) is 2.03. The van der Waals surface area contributed by atoms with Gasteiger partial charge in [-0.05, 0) is 6.42 Å². The minimum atomic E-state index is -1.57. The molecule has 92 valence electrons. The van der Waals surface area contributed by atoms with Gasteiger partial charge in [-0.2, -0.15) is 8.78 Å². The lowest BCUT2D eigenvalue weighted by Crippen LogP contribution is -2.07. The van der Waals surface area contributed by atoms with Gasteiger partial charge in [-0.25, -0.2) is 8.78 Å². The quantitative estimate of drug-likeness (QED) is 0.332. The molecule has 0 unspecified atom stereocenters. The van der Waals surface area contributed by atoms with Gasteiger partial charge in [0.2, 0.25) is 11.6 Å². The van der Waals surface area contributed by atoms with Gasteiger partial charge in [0.1, 0.15) is 0 Å². The van der Waals surface area contributed by atoms with Crippen molar-refractivity contribution in [2.75, 3.05) is 6.61 Å². The van der Waals surface area contributed by atoms with Gasteiger partial charge in [-0.15, -0.1) is 6.58 Å². The first-order valence-corrected chi connectivity index (χ1v) is 4.76. The fourth-order valence-electron chi connectivity index (χ4n) is 1.18. The van der Waals surface area contributed by atoms with Crippen LogP contribution in [0.4, 0.5) is 17.6 Å². The first-order chi connectivity index (χ1) is 8.04. The van der Waals surface area contributed by atoms with Crippen molar-refractivity contribution in [2.24, 2.45) is 0 Å². The third-order valence-corrected chi connectivity index (χ3v) is 2.03. The maximum atomic E-state index is 13.3. The molecule has 0 fully saturated rings. The Morgan fingerprint density at radius 1 is 0.941 bits per heavy atom. The Morgan fingerprint density at radius 2 is 1.47 bits per heavy atom. The predicted molar refractivity (Wildman–Crippen MR) is 56.7 cm³/mol. The average Bonchev–Trinajstić information content (AvgIpc) is 2.32. The van der Waals surface area contributed by atoms with E-state index in [9.17, 15) is 17.6 Å². The van der Waals surface area contributed by atoms with Gasteiger partial charge in [0.05, 0.1) is 12.2 Å². The molecule has 0 radical (unpaired) electrons. The van der Waals surface area contributed by atoms with Crippen molar-refractivity contribution in [3.63, 3.8) is 0 Å². The Balaban J connectivity index is 3.22. The molecular weight excluding hydrogens is 236 g/mol. The van der Waals surface area contributed by atoms with Crippen LogP contribution in [0.3, 0.4) is 0 Å². The van der Waals surface area contributed by atoms with Crippen LogP contribution in [-0.4, -0.2) is 6.61 Å². The van der Waals surface area contributed by atoms with Crippen LogP contribution in [0.1, 0.15) is 12.0 Å². The Bertz CT molecular complexity index is 425. The SMILES string of the molecule is C=CCCOc1c(F)c(F)c(C=C)c(F)c1F. The second-order valence-electron chi connectivity index (χ2n) is 3.13. The van der Waals surface area contributed by atoms with Gasteiger partial charge < -0.3 is 4.74 Å². The number of rotatable bonds is 5. The van der Waals surface area contributed by atoms with Gasteiger partial charge in [-0.3, -0.25) is 0 Å². The lowest BCUT2D eigenvalue weighted by Gasteiger charge is -2.10. The Kier molecular flexibility index (Phi) is 4.31. The second-order valence-corrected chi connectivity index (χ2v) is 3.13. The van der Waals surface area contributed by atoms with E-state index in [0.717, 1.165) is 0 Å². The first kappa shape index (κ1) is 13.3. The van der Waals surface area contributed by atoms with Crippen molar-refractivity contribution in [1.29, 1.82) is 0 Å². The van der Waals surface area contributed by atoms with Crippen molar-refractivity contribution in [2.45, 2.75) is 6.42 Å². The summed E-state index contributed by atoms with van der Waals surface area (Å²) in [6.07, 6.45) is 2.44. The van der Waals surface area contributed by atoms with Crippen LogP contribution < -0.4 is 4.74 Å². The molecule has 0 heterocycles. The van der Waals surface area contributed by atoms with Crippen molar-refractivity contribution in [1.82, 2.24) is 0 Å². The molecule has 0 bridgehead atoms. The van der Waals surface area contributed by atoms with Crippen molar-refractivity contribution in [3.05, 3.63) is 48.1 Å². The first-order valence-electron chi connectivity index (χ1n) is 4.76. The summed E-state index contributed by atoms with van der Waals surface area (Å²) in [5.74, 6) is -7.24. The van der Waals surface area contributed by atoms with E-state index in [2.05, 4.69) is 17.9 Å². The largest absolute Gasteiger partial charge is 0.487 e. The van der Waals surface area contributed by atoms with Crippen molar-refractivity contribution >= 4 is 6.08 Å². The van der Waals surface area contributed by atoms with E-state index in [-0.39, 0.29) is 6.61 Å². The van der Waals surface area contributed by atoms with Crippen molar-refractivity contribution in [3.8, 4) is 5.75 Å². The molecule has 0 saturated heterocycles. The zero-order valence-corrected chi connectivity index (χ0v) is 8.90. The minimum absolute atomic E-state index is 0.121. The summed E-state index contributed by atoms with van der Waals surface area (Å²) < 4.78 is 57.8. The molecule has 0 N–H and O–H groups in total. The van der Waals surface area contributed by atoms with E-state index < -0.39 is 34.6 Å². The van der Waals surface area contributed by atoms with E-state index in [1.807, 2.05) is 0 Å². The predicted octanol–water partition coefficient (Wildman–Crippen LogP) is 3.84. The van der Waals surface area contributed by atoms with Crippen LogP contribution in [0.25, 0.3) is 6.08 Å². The van der Waals surface area contributed by atoms with Crippen LogP contribution in [0.15, 0.2) is 19.2 Å². The molecule has 17 heavy (non-hydrogen) atoms. The average molecular weight is 246 g/mol. The summed E-state index contributed by atoms with van der Waals surface area (Å²) in [5, 5.41) is 0. The molecule has 0 aromatic heterocycles. The number of ether oxygens (including phenoxy) is 1. The summed E-state index contributed by atoms with van der Waals surface area (Å²) >= 11 is 0. The summed E-state index contributed by atoms with van der Waals surface area (Å²) in [4.78, 5) is 0. The maximum Gasteiger partial charge on any atom is 0.204 e. The summed E-state index contributed by atoms with van der Waals surface area (Å²) in [6.45, 7) is 6.32. The standard InChI is InChI=1S/C12H10F4O/c1-3-5-6-17-12-10(15)8(13)7(4-2)9(14)11(12)16/h3-4H,1-2,5-6H2. The van der Waals surface area contributed by atoms with Crippen LogP contribution in [0.2, 0.25) is 0 Å². The van der Waals surface area contributed by atoms with Crippen LogP contribution in [0, 0.1) is 23.3 Å². The Hall–Kier alpha value is -1.78. The number of halogens is 4. The molecular formula is C12H10F4O. The van der Waals surface area contributed by atoms with E-state index in [1.165, 1.54) is 6.08 Å². The highest BCUT2D eigenvalue weighted by molar-refractivity contribution is 5.51. The van der Waals surface area contributed by atoms with Gasteiger partial charge in [0.25, 0.3) is 0 Å². The summed E-state index contributed by atoms with van der Waals surface area (Å²) in [5.41, 5.74) is -0.851. The molecule has 1 rings (SSSR count). The monoisotopic (exact) mass is 246 g/mol. The molecule has 0 atom stereocenters. The van der Waals surface area contributed by atoms with E-state index in [0.29, 0.717) is 12.5 Å². The molecule has 5 heteroatoms. The van der Waals surface area contributed by atoms with Crippen LogP contribution in [0.5, 0.6) is 5.75 Å². The fourth-order valence-corrected chi connectivity index (χ4v) is 1.18. The van der Waals surface area contributed by atoms with Crippen molar-refractivity contribution < 1.29 is 22.3 Å². The third kappa shape index (κ3) is 2.49. The summed E-state index contributed by atoms with van der Waals surface area (Å²) in [6, 6.07) is 0. The second kappa shape index (κ2) is 5.52. The number of hydrogen-bond acceptors (Lipinski definition) is 1. The highest BCUT2D eigenvalue weighted by atomic mass is 19.2. The number of hydrogen-bond donors (Lipinski definition) is 0. The van der Waals surface area contributed by atoms with E-state index in [1.54, 1.807) is 0 Å². The summed E-state index contributed by atoms with van der Waals surface area (Å²) in [7, 11) is 0.